The van der Waals surface area contributed by atoms with Crippen LogP contribution in [-0.4, -0.2) is 29.1 Å². The highest BCUT2D eigenvalue weighted by Crippen LogP contribution is 2.24. The molecule has 1 aliphatic rings. The van der Waals surface area contributed by atoms with E-state index in [9.17, 15) is 0 Å². The average Bonchev–Trinajstić information content (AvgIpc) is 3.51. The monoisotopic (exact) mass is 701 g/mol. The normalized spacial score (nSPS) is 14.5. The zero-order chi connectivity index (χ0) is 35.8. The number of unbranched alkanes of at least 4 members (excludes halogenated alkanes) is 36. The Morgan fingerprint density at radius 3 is 0.700 bits per heavy atom. The second kappa shape index (κ2) is 39.5. The van der Waals surface area contributed by atoms with Crippen molar-refractivity contribution in [3.05, 3.63) is 12.4 Å². The van der Waals surface area contributed by atoms with Gasteiger partial charge in [-0.1, -0.05) is 252 Å². The smallest absolute Gasteiger partial charge is 0.101 e. The minimum atomic E-state index is 0.637. The fourth-order valence-electron chi connectivity index (χ4n) is 8.31. The number of nitrogens with zero attached hydrogens (tertiary/aromatic N) is 2. The molecule has 1 atom stereocenters. The van der Waals surface area contributed by atoms with Crippen LogP contribution in [0.5, 0.6) is 0 Å². The van der Waals surface area contributed by atoms with E-state index in [4.69, 9.17) is 0 Å². The maximum Gasteiger partial charge on any atom is 0.101 e. The van der Waals surface area contributed by atoms with Gasteiger partial charge in [0.1, 0.15) is 6.17 Å². The highest BCUT2D eigenvalue weighted by molar-refractivity contribution is 4.97. The molecule has 298 valence electrons. The summed E-state index contributed by atoms with van der Waals surface area (Å²) in [6.45, 7) is 9.49. The van der Waals surface area contributed by atoms with Crippen LogP contribution in [0, 0.1) is 0 Å². The summed E-state index contributed by atoms with van der Waals surface area (Å²) in [7, 11) is 0. The van der Waals surface area contributed by atoms with Crippen molar-refractivity contribution in [2.75, 3.05) is 13.1 Å². The van der Waals surface area contributed by atoms with E-state index in [1.807, 2.05) is 0 Å². The first-order chi connectivity index (χ1) is 24.8. The first-order valence-corrected chi connectivity index (χ1v) is 24.0. The van der Waals surface area contributed by atoms with Gasteiger partial charge in [0, 0.05) is 25.5 Å². The van der Waals surface area contributed by atoms with Crippen molar-refractivity contribution in [1.82, 2.24) is 9.80 Å². The van der Waals surface area contributed by atoms with Gasteiger partial charge in [-0.05, 0) is 25.7 Å². The minimum Gasteiger partial charge on any atom is -0.356 e. The molecular formula is C48H96N2. The molecule has 2 heteroatoms. The minimum absolute atomic E-state index is 0.637. The van der Waals surface area contributed by atoms with Crippen LogP contribution in [0.3, 0.4) is 0 Å². The fourth-order valence-corrected chi connectivity index (χ4v) is 8.31. The summed E-state index contributed by atoms with van der Waals surface area (Å²) in [5.41, 5.74) is 0. The topological polar surface area (TPSA) is 6.48 Å². The van der Waals surface area contributed by atoms with Crippen molar-refractivity contribution in [3.8, 4) is 0 Å². The first kappa shape index (κ1) is 47.4. The number of rotatable bonds is 42. The van der Waals surface area contributed by atoms with Gasteiger partial charge in [0.05, 0.1) is 0 Å². The molecular weight excluding hydrogens is 605 g/mol. The second-order valence-corrected chi connectivity index (χ2v) is 16.8. The molecule has 0 amide bonds. The highest BCUT2D eigenvalue weighted by Gasteiger charge is 2.24. The Balaban J connectivity index is 2.13. The van der Waals surface area contributed by atoms with Crippen LogP contribution in [0.15, 0.2) is 12.4 Å². The van der Waals surface area contributed by atoms with Crippen LogP contribution in [0.25, 0.3) is 0 Å². The van der Waals surface area contributed by atoms with Gasteiger partial charge in [0.15, 0.2) is 0 Å². The number of hydrogen-bond donors (Lipinski definition) is 0. The maximum absolute atomic E-state index is 2.73. The molecule has 1 heterocycles. The summed E-state index contributed by atoms with van der Waals surface area (Å²) in [4.78, 5) is 5.46. The van der Waals surface area contributed by atoms with Gasteiger partial charge in [0.25, 0.3) is 0 Å². The molecule has 0 spiro atoms. The average molecular weight is 701 g/mol. The van der Waals surface area contributed by atoms with Crippen LogP contribution >= 0.6 is 0 Å². The van der Waals surface area contributed by atoms with Gasteiger partial charge in [-0.25, -0.2) is 0 Å². The third kappa shape index (κ3) is 30.9. The van der Waals surface area contributed by atoms with Gasteiger partial charge in [-0.3, -0.25) is 0 Å². The van der Waals surface area contributed by atoms with Crippen molar-refractivity contribution >= 4 is 0 Å². The molecule has 0 saturated heterocycles. The highest BCUT2D eigenvalue weighted by atomic mass is 15.4. The Hall–Kier alpha value is -0.660. The largest absolute Gasteiger partial charge is 0.356 e. The lowest BCUT2D eigenvalue weighted by Crippen LogP contribution is -2.39. The Kier molecular flexibility index (Phi) is 37.5. The van der Waals surface area contributed by atoms with Crippen LogP contribution in [0.1, 0.15) is 278 Å². The van der Waals surface area contributed by atoms with Crippen LogP contribution < -0.4 is 0 Å². The first-order valence-electron chi connectivity index (χ1n) is 24.0. The van der Waals surface area contributed by atoms with Gasteiger partial charge in [-0.2, -0.15) is 0 Å². The molecule has 0 bridgehead atoms. The molecule has 0 aliphatic carbocycles. The van der Waals surface area contributed by atoms with E-state index >= 15 is 0 Å². The number of hydrogen-bond acceptors (Lipinski definition) is 2. The fraction of sp³-hybridized carbons (Fsp3) is 0.958. The third-order valence-corrected chi connectivity index (χ3v) is 11.8. The molecule has 1 unspecified atom stereocenters. The standard InChI is InChI=1S/C48H96N2/c1-4-7-10-13-16-18-20-22-24-25-27-29-31-33-36-39-42-45-50-47-46-49(44-41-38-35-15-12-9-6-3)48(50)43-40-37-34-32-30-28-26-23-21-19-17-14-11-8-5-2/h46-48H,4-45H2,1-3H3. The van der Waals surface area contributed by atoms with E-state index < -0.39 is 0 Å². The van der Waals surface area contributed by atoms with Crippen molar-refractivity contribution < 1.29 is 0 Å². The summed E-state index contributed by atoms with van der Waals surface area (Å²) in [5, 5.41) is 0. The van der Waals surface area contributed by atoms with Gasteiger partial charge >= 0.3 is 0 Å². The Labute approximate surface area is 318 Å². The Morgan fingerprint density at radius 1 is 0.260 bits per heavy atom. The predicted molar refractivity (Wildman–Crippen MR) is 228 cm³/mol. The molecule has 0 aromatic heterocycles. The van der Waals surface area contributed by atoms with Gasteiger partial charge < -0.3 is 9.80 Å². The van der Waals surface area contributed by atoms with Gasteiger partial charge in [0.2, 0.25) is 0 Å². The molecule has 0 aromatic carbocycles. The Bertz CT molecular complexity index is 659. The quantitative estimate of drug-likeness (QED) is 0.0585. The summed E-state index contributed by atoms with van der Waals surface area (Å²) >= 11 is 0. The summed E-state index contributed by atoms with van der Waals surface area (Å²) in [6, 6.07) is 0. The maximum atomic E-state index is 2.73. The second-order valence-electron chi connectivity index (χ2n) is 16.8. The molecule has 1 aliphatic heterocycles. The molecule has 2 nitrogen and oxygen atoms in total. The van der Waals surface area contributed by atoms with Crippen LogP contribution in [-0.2, 0) is 0 Å². The molecule has 0 radical (unpaired) electrons. The van der Waals surface area contributed by atoms with Crippen molar-refractivity contribution in [1.29, 1.82) is 0 Å². The van der Waals surface area contributed by atoms with Crippen LogP contribution in [0.2, 0.25) is 0 Å². The van der Waals surface area contributed by atoms with Crippen molar-refractivity contribution in [2.45, 2.75) is 284 Å². The molecule has 0 N–H and O–H groups in total. The molecule has 0 fully saturated rings. The molecule has 0 aromatic rings. The van der Waals surface area contributed by atoms with E-state index in [1.54, 1.807) is 0 Å². The van der Waals surface area contributed by atoms with Gasteiger partial charge in [-0.15, -0.1) is 0 Å². The summed E-state index contributed by atoms with van der Waals surface area (Å²) in [6.07, 6.45) is 63.4. The van der Waals surface area contributed by atoms with E-state index in [1.165, 1.54) is 270 Å². The lowest BCUT2D eigenvalue weighted by molar-refractivity contribution is 0.135. The Morgan fingerprint density at radius 2 is 0.460 bits per heavy atom. The zero-order valence-corrected chi connectivity index (χ0v) is 35.3. The van der Waals surface area contributed by atoms with E-state index in [2.05, 4.69) is 43.0 Å². The molecule has 50 heavy (non-hydrogen) atoms. The molecule has 1 rings (SSSR count). The third-order valence-electron chi connectivity index (χ3n) is 11.8. The SMILES string of the molecule is CCCCCCCCCCCCCCCCCCCN1C=CN(CCCCCCCCC)C1CCCCCCCCCCCCCCCCC. The zero-order valence-electron chi connectivity index (χ0n) is 35.3. The van der Waals surface area contributed by atoms with E-state index in [-0.39, 0.29) is 0 Å². The lowest BCUT2D eigenvalue weighted by Gasteiger charge is -2.33. The van der Waals surface area contributed by atoms with E-state index in [0.29, 0.717) is 6.17 Å². The predicted octanol–water partition coefficient (Wildman–Crippen LogP) is 17.1. The van der Waals surface area contributed by atoms with Crippen molar-refractivity contribution in [2.24, 2.45) is 0 Å². The van der Waals surface area contributed by atoms with Crippen LogP contribution in [0.4, 0.5) is 0 Å². The van der Waals surface area contributed by atoms with E-state index in [0.717, 1.165) is 0 Å². The summed E-state index contributed by atoms with van der Waals surface area (Å²) in [5.74, 6) is 0. The molecule has 0 saturated carbocycles. The van der Waals surface area contributed by atoms with Crippen molar-refractivity contribution in [3.63, 3.8) is 0 Å². The lowest BCUT2D eigenvalue weighted by atomic mass is 10.0. The summed E-state index contributed by atoms with van der Waals surface area (Å²) < 4.78 is 0.